The van der Waals surface area contributed by atoms with Crippen molar-refractivity contribution in [3.63, 3.8) is 0 Å². The number of nitrogens with two attached hydrogens (primary N) is 1. The Morgan fingerprint density at radius 1 is 1.44 bits per heavy atom. The molecule has 3 N–H and O–H groups in total. The molecule has 0 saturated carbocycles. The molecule has 1 aliphatic rings. The summed E-state index contributed by atoms with van der Waals surface area (Å²) in [7, 11) is 0. The second-order valence-electron chi connectivity index (χ2n) is 5.06. The number of hydrogen-bond acceptors (Lipinski definition) is 5. The van der Waals surface area contributed by atoms with Crippen LogP contribution in [0.3, 0.4) is 0 Å². The first-order valence-corrected chi connectivity index (χ1v) is 7.71. The van der Waals surface area contributed by atoms with Crippen LogP contribution in [0.1, 0.15) is 23.5 Å². The third-order valence-corrected chi connectivity index (χ3v) is 4.45. The fourth-order valence-corrected chi connectivity index (χ4v) is 3.03. The van der Waals surface area contributed by atoms with E-state index >= 15 is 0 Å². The van der Waals surface area contributed by atoms with Crippen LogP contribution in [0.4, 0.5) is 0 Å². The smallest absolute Gasteiger partial charge is 0.0940 e. The summed E-state index contributed by atoms with van der Waals surface area (Å²) < 4.78 is 0. The zero-order valence-corrected chi connectivity index (χ0v) is 12.0. The summed E-state index contributed by atoms with van der Waals surface area (Å²) in [6, 6.07) is 0.433. The van der Waals surface area contributed by atoms with Crippen molar-refractivity contribution in [1.82, 2.24) is 15.2 Å². The lowest BCUT2D eigenvalue weighted by molar-refractivity contribution is 0.214. The highest BCUT2D eigenvalue weighted by atomic mass is 32.1. The molecular weight excluding hydrogens is 244 g/mol. The monoisotopic (exact) mass is 268 g/mol. The zero-order valence-electron chi connectivity index (χ0n) is 11.2. The number of aromatic nitrogens is 1. The summed E-state index contributed by atoms with van der Waals surface area (Å²) in [5.41, 5.74) is 7.03. The summed E-state index contributed by atoms with van der Waals surface area (Å²) >= 11 is 1.76. The molecule has 0 radical (unpaired) electrons. The molecule has 2 heterocycles. The van der Waals surface area contributed by atoms with Gasteiger partial charge >= 0.3 is 0 Å². The third-order valence-electron chi connectivity index (χ3n) is 3.42. The number of nitrogens with one attached hydrogen (secondary N) is 1. The van der Waals surface area contributed by atoms with E-state index in [2.05, 4.69) is 27.5 Å². The molecule has 0 atom stereocenters. The van der Waals surface area contributed by atoms with Crippen LogP contribution in [-0.4, -0.2) is 48.6 Å². The van der Waals surface area contributed by atoms with Crippen LogP contribution in [0.15, 0.2) is 5.38 Å². The van der Waals surface area contributed by atoms with Crippen molar-refractivity contribution < 1.29 is 0 Å². The van der Waals surface area contributed by atoms with Crippen molar-refractivity contribution in [2.45, 2.75) is 32.2 Å². The maximum atomic E-state index is 5.89. The van der Waals surface area contributed by atoms with E-state index in [0.29, 0.717) is 6.04 Å². The van der Waals surface area contributed by atoms with E-state index in [-0.39, 0.29) is 0 Å². The molecule has 1 fully saturated rings. The third kappa shape index (κ3) is 4.65. The van der Waals surface area contributed by atoms with Gasteiger partial charge in [-0.1, -0.05) is 0 Å². The van der Waals surface area contributed by atoms with E-state index in [9.17, 15) is 0 Å². The minimum Gasteiger partial charge on any atom is -0.328 e. The molecule has 1 aliphatic heterocycles. The standard InChI is InChI=1S/C13H24N4S/c1-11-10-18-13(16-11)2-5-15-6-9-17-7-3-12(14)4-8-17/h10,12,15H,2-9,14H2,1H3. The fourth-order valence-electron chi connectivity index (χ4n) is 2.25. The van der Waals surface area contributed by atoms with Crippen molar-refractivity contribution in [2.24, 2.45) is 5.73 Å². The van der Waals surface area contributed by atoms with Crippen molar-refractivity contribution >= 4 is 11.3 Å². The molecule has 1 saturated heterocycles. The van der Waals surface area contributed by atoms with Gasteiger partial charge in [-0.3, -0.25) is 0 Å². The number of nitrogens with zero attached hydrogens (tertiary/aromatic N) is 2. The Kier molecular flexibility index (Phi) is 5.56. The molecule has 5 heteroatoms. The highest BCUT2D eigenvalue weighted by molar-refractivity contribution is 7.09. The first kappa shape index (κ1) is 13.9. The Labute approximate surface area is 114 Å². The highest BCUT2D eigenvalue weighted by Gasteiger charge is 2.14. The van der Waals surface area contributed by atoms with Gasteiger partial charge in [0.15, 0.2) is 0 Å². The van der Waals surface area contributed by atoms with E-state index in [1.165, 1.54) is 5.01 Å². The lowest BCUT2D eigenvalue weighted by atomic mass is 10.1. The van der Waals surface area contributed by atoms with Gasteiger partial charge in [-0.2, -0.15) is 0 Å². The maximum Gasteiger partial charge on any atom is 0.0940 e. The Hall–Kier alpha value is -0.490. The van der Waals surface area contributed by atoms with Gasteiger partial charge in [0.05, 0.1) is 5.01 Å². The minimum atomic E-state index is 0.433. The van der Waals surface area contributed by atoms with Crippen molar-refractivity contribution in [3.05, 3.63) is 16.1 Å². The average Bonchev–Trinajstić information content (AvgIpc) is 2.77. The van der Waals surface area contributed by atoms with Gasteiger partial charge in [0.2, 0.25) is 0 Å². The van der Waals surface area contributed by atoms with Gasteiger partial charge in [0.1, 0.15) is 0 Å². The van der Waals surface area contributed by atoms with Crippen LogP contribution in [0, 0.1) is 6.92 Å². The van der Waals surface area contributed by atoms with Gasteiger partial charge in [0, 0.05) is 43.2 Å². The molecule has 0 aromatic carbocycles. The van der Waals surface area contributed by atoms with Crippen LogP contribution < -0.4 is 11.1 Å². The van der Waals surface area contributed by atoms with Crippen molar-refractivity contribution in [3.8, 4) is 0 Å². The van der Waals surface area contributed by atoms with E-state index in [0.717, 1.165) is 57.7 Å². The average molecular weight is 268 g/mol. The highest BCUT2D eigenvalue weighted by Crippen LogP contribution is 2.09. The molecule has 2 rings (SSSR count). The van der Waals surface area contributed by atoms with Gasteiger partial charge in [-0.25, -0.2) is 4.98 Å². The van der Waals surface area contributed by atoms with E-state index in [1.807, 2.05) is 0 Å². The van der Waals surface area contributed by atoms with Crippen LogP contribution in [0.2, 0.25) is 0 Å². The topological polar surface area (TPSA) is 54.2 Å². The predicted octanol–water partition coefficient (Wildman–Crippen LogP) is 1.01. The molecule has 102 valence electrons. The first-order valence-electron chi connectivity index (χ1n) is 6.83. The lowest BCUT2D eigenvalue weighted by Crippen LogP contribution is -2.42. The van der Waals surface area contributed by atoms with Crippen LogP contribution in [0.5, 0.6) is 0 Å². The summed E-state index contributed by atoms with van der Waals surface area (Å²) in [5, 5.41) is 6.85. The number of thiazole rings is 1. The number of hydrogen-bond donors (Lipinski definition) is 2. The molecule has 0 bridgehead atoms. The Bertz CT molecular complexity index is 345. The van der Waals surface area contributed by atoms with E-state index < -0.39 is 0 Å². The summed E-state index contributed by atoms with van der Waals surface area (Å²) in [6.45, 7) is 7.61. The molecule has 4 nitrogen and oxygen atoms in total. The normalized spacial score (nSPS) is 18.3. The molecular formula is C13H24N4S. The molecule has 0 spiro atoms. The molecule has 1 aromatic heterocycles. The Morgan fingerprint density at radius 2 is 2.22 bits per heavy atom. The maximum absolute atomic E-state index is 5.89. The Balaban J connectivity index is 1.51. The van der Waals surface area contributed by atoms with Crippen LogP contribution in [0.25, 0.3) is 0 Å². The molecule has 0 amide bonds. The van der Waals surface area contributed by atoms with E-state index in [4.69, 9.17) is 5.73 Å². The van der Waals surface area contributed by atoms with E-state index in [1.54, 1.807) is 11.3 Å². The summed E-state index contributed by atoms with van der Waals surface area (Å²) in [5.74, 6) is 0. The number of aryl methyl sites for hydroxylation is 1. The SMILES string of the molecule is Cc1csc(CCNCCN2CCC(N)CC2)n1. The second-order valence-corrected chi connectivity index (χ2v) is 6.00. The van der Waals surface area contributed by atoms with Crippen LogP contribution >= 0.6 is 11.3 Å². The molecule has 1 aromatic rings. The van der Waals surface area contributed by atoms with Gasteiger partial charge in [0.25, 0.3) is 0 Å². The fraction of sp³-hybridized carbons (Fsp3) is 0.769. The quantitative estimate of drug-likeness (QED) is 0.756. The summed E-state index contributed by atoms with van der Waals surface area (Å²) in [6.07, 6.45) is 3.35. The molecule has 0 unspecified atom stereocenters. The van der Waals surface area contributed by atoms with Gasteiger partial charge < -0.3 is 16.0 Å². The Morgan fingerprint density at radius 3 is 2.89 bits per heavy atom. The van der Waals surface area contributed by atoms with Crippen molar-refractivity contribution in [2.75, 3.05) is 32.7 Å². The lowest BCUT2D eigenvalue weighted by Gasteiger charge is -2.29. The second kappa shape index (κ2) is 7.19. The van der Waals surface area contributed by atoms with Gasteiger partial charge in [-0.05, 0) is 32.9 Å². The molecule has 0 aliphatic carbocycles. The minimum absolute atomic E-state index is 0.433. The number of rotatable bonds is 6. The number of piperidine rings is 1. The predicted molar refractivity (Wildman–Crippen MR) is 77.1 cm³/mol. The van der Waals surface area contributed by atoms with Gasteiger partial charge in [-0.15, -0.1) is 11.3 Å². The molecule has 18 heavy (non-hydrogen) atoms. The summed E-state index contributed by atoms with van der Waals surface area (Å²) in [4.78, 5) is 6.96. The van der Waals surface area contributed by atoms with Crippen molar-refractivity contribution in [1.29, 1.82) is 0 Å². The van der Waals surface area contributed by atoms with Crippen LogP contribution in [-0.2, 0) is 6.42 Å². The zero-order chi connectivity index (χ0) is 12.8. The first-order chi connectivity index (χ1) is 8.74. The largest absolute Gasteiger partial charge is 0.328 e. The number of likely N-dealkylation sites (tertiary alicyclic amines) is 1.